The predicted molar refractivity (Wildman–Crippen MR) is 112 cm³/mol. The Hall–Kier alpha value is -2.94. The van der Waals surface area contributed by atoms with Crippen LogP contribution in [0.25, 0.3) is 5.65 Å². The van der Waals surface area contributed by atoms with Gasteiger partial charge >= 0.3 is 6.01 Å². The molecular formula is C20H28N8O. The van der Waals surface area contributed by atoms with Crippen molar-refractivity contribution >= 4 is 17.3 Å². The minimum Gasteiger partial charge on any atom is -0.459 e. The number of nitrogens with zero attached hydrogens (tertiary/aromatic N) is 6. The molecule has 3 N–H and O–H groups in total. The van der Waals surface area contributed by atoms with E-state index in [2.05, 4.69) is 45.2 Å². The summed E-state index contributed by atoms with van der Waals surface area (Å²) in [4.78, 5) is 15.7. The molecule has 0 unspecified atom stereocenters. The summed E-state index contributed by atoms with van der Waals surface area (Å²) in [7, 11) is 0. The van der Waals surface area contributed by atoms with Crippen LogP contribution in [0.1, 0.15) is 37.1 Å². The Morgan fingerprint density at radius 2 is 2.03 bits per heavy atom. The van der Waals surface area contributed by atoms with Crippen LogP contribution < -0.4 is 20.7 Å². The molecule has 0 bridgehead atoms. The lowest BCUT2D eigenvalue weighted by molar-refractivity contribution is 0.196. The van der Waals surface area contributed by atoms with Gasteiger partial charge in [0.15, 0.2) is 11.5 Å². The quantitative estimate of drug-likeness (QED) is 0.647. The minimum atomic E-state index is 0.0169. The van der Waals surface area contributed by atoms with Gasteiger partial charge in [-0.25, -0.2) is 14.5 Å². The van der Waals surface area contributed by atoms with E-state index in [0.717, 1.165) is 49.7 Å². The van der Waals surface area contributed by atoms with Gasteiger partial charge in [-0.3, -0.25) is 0 Å². The van der Waals surface area contributed by atoms with Gasteiger partial charge in [-0.05, 0) is 31.4 Å². The fraction of sp³-hybridized carbons (Fsp3) is 0.500. The third-order valence-electron chi connectivity index (χ3n) is 5.23. The number of aromatic nitrogens is 5. The maximum Gasteiger partial charge on any atom is 0.336 e. The van der Waals surface area contributed by atoms with E-state index >= 15 is 0 Å². The number of anilines is 2. The summed E-state index contributed by atoms with van der Waals surface area (Å²) in [5.41, 5.74) is 9.80. The normalized spacial score (nSPS) is 15.6. The summed E-state index contributed by atoms with van der Waals surface area (Å²) < 4.78 is 7.48. The second-order valence-electron chi connectivity index (χ2n) is 7.50. The molecule has 0 aliphatic carbocycles. The zero-order valence-corrected chi connectivity index (χ0v) is 17.2. The highest BCUT2D eigenvalue weighted by Crippen LogP contribution is 2.21. The molecule has 1 aliphatic rings. The molecule has 4 heterocycles. The Bertz CT molecular complexity index is 996. The van der Waals surface area contributed by atoms with Crippen molar-refractivity contribution in [2.45, 2.75) is 39.7 Å². The summed E-state index contributed by atoms with van der Waals surface area (Å²) in [6, 6.07) is 2.46. The molecule has 0 aromatic carbocycles. The lowest BCUT2D eigenvalue weighted by atomic mass is 10.1. The summed E-state index contributed by atoms with van der Waals surface area (Å²) >= 11 is 0. The number of hydrogen-bond donors (Lipinski definition) is 2. The Morgan fingerprint density at radius 1 is 1.24 bits per heavy atom. The second kappa shape index (κ2) is 8.20. The molecule has 4 rings (SSSR count). The molecule has 9 heteroatoms. The molecule has 0 radical (unpaired) electrons. The number of nitrogens with one attached hydrogen (secondary N) is 1. The molecule has 1 saturated heterocycles. The van der Waals surface area contributed by atoms with Crippen molar-refractivity contribution in [1.82, 2.24) is 29.9 Å². The maximum atomic E-state index is 6.07. The third kappa shape index (κ3) is 4.09. The van der Waals surface area contributed by atoms with Crippen LogP contribution in [-0.4, -0.2) is 56.8 Å². The van der Waals surface area contributed by atoms with Gasteiger partial charge < -0.3 is 20.7 Å². The van der Waals surface area contributed by atoms with Gasteiger partial charge in [-0.2, -0.15) is 4.98 Å². The van der Waals surface area contributed by atoms with E-state index in [4.69, 9.17) is 15.5 Å². The molecule has 0 amide bonds. The van der Waals surface area contributed by atoms with Gasteiger partial charge in [-0.15, -0.1) is 5.10 Å². The van der Waals surface area contributed by atoms with E-state index < -0.39 is 0 Å². The first-order chi connectivity index (χ1) is 14.0. The molecular weight excluding hydrogens is 368 g/mol. The standard InChI is InChI=1S/C20H28N8O/c1-4-14(3)29-20-25-17(21)19-24-12-16(28(19)26-20)10-15-9-13(2)18(23-11-15)27-7-5-22-6-8-27/h9,11-12,14,22H,4-8,10H2,1-3H3,(H2,21,25,26)/t14-/m1/s1. The second-order valence-corrected chi connectivity index (χ2v) is 7.50. The number of fused-ring (bicyclic) bond motifs is 1. The van der Waals surface area contributed by atoms with Gasteiger partial charge in [0.2, 0.25) is 0 Å². The number of pyridine rings is 1. The number of rotatable bonds is 6. The lowest BCUT2D eigenvalue weighted by Crippen LogP contribution is -2.44. The number of aryl methyl sites for hydroxylation is 1. The van der Waals surface area contributed by atoms with E-state index in [1.165, 1.54) is 5.56 Å². The predicted octanol–water partition coefficient (Wildman–Crippen LogP) is 1.59. The fourth-order valence-corrected chi connectivity index (χ4v) is 3.50. The highest BCUT2D eigenvalue weighted by molar-refractivity contribution is 5.60. The number of hydrogen-bond acceptors (Lipinski definition) is 8. The average Bonchev–Trinajstić information content (AvgIpc) is 3.12. The van der Waals surface area contributed by atoms with Crippen molar-refractivity contribution in [3.63, 3.8) is 0 Å². The maximum absolute atomic E-state index is 6.07. The van der Waals surface area contributed by atoms with E-state index in [0.29, 0.717) is 17.9 Å². The van der Waals surface area contributed by atoms with Crippen molar-refractivity contribution in [2.24, 2.45) is 0 Å². The smallest absolute Gasteiger partial charge is 0.336 e. The fourth-order valence-electron chi connectivity index (χ4n) is 3.50. The van der Waals surface area contributed by atoms with Crippen molar-refractivity contribution in [3.05, 3.63) is 35.3 Å². The van der Waals surface area contributed by atoms with Crippen molar-refractivity contribution in [3.8, 4) is 6.01 Å². The monoisotopic (exact) mass is 396 g/mol. The van der Waals surface area contributed by atoms with E-state index in [-0.39, 0.29) is 12.1 Å². The van der Waals surface area contributed by atoms with Crippen LogP contribution in [0.2, 0.25) is 0 Å². The van der Waals surface area contributed by atoms with E-state index in [9.17, 15) is 0 Å². The van der Waals surface area contributed by atoms with Gasteiger partial charge in [0.1, 0.15) is 5.82 Å². The molecule has 154 valence electrons. The molecule has 1 fully saturated rings. The Morgan fingerprint density at radius 3 is 2.76 bits per heavy atom. The highest BCUT2D eigenvalue weighted by atomic mass is 16.5. The number of imidazole rings is 1. The largest absolute Gasteiger partial charge is 0.459 e. The van der Waals surface area contributed by atoms with Gasteiger partial charge in [0.25, 0.3) is 0 Å². The summed E-state index contributed by atoms with van der Waals surface area (Å²) in [6.07, 6.45) is 5.25. The zero-order chi connectivity index (χ0) is 20.4. The molecule has 9 nitrogen and oxygen atoms in total. The number of ether oxygens (including phenoxy) is 1. The van der Waals surface area contributed by atoms with Crippen LogP contribution >= 0.6 is 0 Å². The Balaban J connectivity index is 1.59. The SMILES string of the molecule is CC[C@@H](C)Oc1nc(N)c2ncc(Cc3cnc(N4CCNCC4)c(C)c3)n2n1. The highest BCUT2D eigenvalue weighted by Gasteiger charge is 2.16. The number of piperazine rings is 1. The Kier molecular flexibility index (Phi) is 5.48. The number of nitrogen functional groups attached to an aromatic ring is 1. The van der Waals surface area contributed by atoms with Crippen LogP contribution in [0.5, 0.6) is 6.01 Å². The third-order valence-corrected chi connectivity index (χ3v) is 5.23. The Labute approximate surface area is 170 Å². The van der Waals surface area contributed by atoms with Gasteiger partial charge in [-0.1, -0.05) is 13.0 Å². The molecule has 0 spiro atoms. The van der Waals surface area contributed by atoms with Gasteiger partial charge in [0, 0.05) is 38.8 Å². The average molecular weight is 396 g/mol. The minimum absolute atomic E-state index is 0.0169. The molecule has 1 atom stereocenters. The lowest BCUT2D eigenvalue weighted by Gasteiger charge is -2.29. The molecule has 1 aliphatic heterocycles. The molecule has 0 saturated carbocycles. The van der Waals surface area contributed by atoms with Crippen LogP contribution in [0.15, 0.2) is 18.5 Å². The molecule has 3 aromatic heterocycles. The first-order valence-corrected chi connectivity index (χ1v) is 10.1. The molecule has 29 heavy (non-hydrogen) atoms. The summed E-state index contributed by atoms with van der Waals surface area (Å²) in [6.45, 7) is 10.1. The van der Waals surface area contributed by atoms with Crippen molar-refractivity contribution in [2.75, 3.05) is 36.8 Å². The zero-order valence-electron chi connectivity index (χ0n) is 17.2. The first kappa shape index (κ1) is 19.4. The van der Waals surface area contributed by atoms with Crippen molar-refractivity contribution in [1.29, 1.82) is 0 Å². The summed E-state index contributed by atoms with van der Waals surface area (Å²) in [5.74, 6) is 1.37. The van der Waals surface area contributed by atoms with Crippen LogP contribution in [-0.2, 0) is 6.42 Å². The number of nitrogens with two attached hydrogens (primary N) is 1. The topological polar surface area (TPSA) is 106 Å². The van der Waals surface area contributed by atoms with E-state index in [1.54, 1.807) is 10.7 Å². The first-order valence-electron chi connectivity index (χ1n) is 10.1. The molecule has 3 aromatic rings. The van der Waals surface area contributed by atoms with E-state index in [1.807, 2.05) is 13.1 Å². The van der Waals surface area contributed by atoms with Crippen molar-refractivity contribution < 1.29 is 4.74 Å². The summed E-state index contributed by atoms with van der Waals surface area (Å²) in [5, 5.41) is 7.87. The van der Waals surface area contributed by atoms with Crippen LogP contribution in [0.3, 0.4) is 0 Å². The van der Waals surface area contributed by atoms with Gasteiger partial charge in [0.05, 0.1) is 18.0 Å². The van der Waals surface area contributed by atoms with Crippen LogP contribution in [0.4, 0.5) is 11.6 Å². The van der Waals surface area contributed by atoms with Crippen LogP contribution in [0, 0.1) is 6.92 Å².